The van der Waals surface area contributed by atoms with Crippen LogP contribution < -0.4 is 5.32 Å². The van der Waals surface area contributed by atoms with Crippen LogP contribution in [0.2, 0.25) is 0 Å². The van der Waals surface area contributed by atoms with E-state index in [1.807, 2.05) is 31.2 Å². The van der Waals surface area contributed by atoms with Crippen LogP contribution in [0.4, 0.5) is 4.39 Å². The van der Waals surface area contributed by atoms with Crippen LogP contribution in [0.5, 0.6) is 0 Å². The predicted octanol–water partition coefficient (Wildman–Crippen LogP) is 5.23. The van der Waals surface area contributed by atoms with Crippen LogP contribution in [0.3, 0.4) is 0 Å². The Labute approximate surface area is 195 Å². The lowest BCUT2D eigenvalue weighted by molar-refractivity contribution is -0.139. The van der Waals surface area contributed by atoms with Crippen LogP contribution in [0.1, 0.15) is 55.7 Å². The van der Waals surface area contributed by atoms with Crippen molar-refractivity contribution in [2.45, 2.75) is 70.3 Å². The van der Waals surface area contributed by atoms with Crippen LogP contribution in [-0.2, 0) is 21.9 Å². The van der Waals surface area contributed by atoms with E-state index in [2.05, 4.69) is 5.32 Å². The minimum absolute atomic E-state index is 0.0991. The molecule has 172 valence electrons. The highest BCUT2D eigenvalue weighted by atomic mass is 32.2. The summed E-state index contributed by atoms with van der Waals surface area (Å²) in [6.07, 6.45) is 5.50. The summed E-state index contributed by atoms with van der Waals surface area (Å²) in [6.45, 7) is 4.19. The molecular weight excluding hydrogens is 423 g/mol. The molecule has 1 aliphatic carbocycles. The summed E-state index contributed by atoms with van der Waals surface area (Å²) < 4.78 is 13.9. The summed E-state index contributed by atoms with van der Waals surface area (Å²) in [7, 11) is 0. The molecule has 2 amide bonds. The van der Waals surface area contributed by atoms with Gasteiger partial charge in [0.25, 0.3) is 0 Å². The Morgan fingerprint density at radius 3 is 2.41 bits per heavy atom. The topological polar surface area (TPSA) is 49.4 Å². The van der Waals surface area contributed by atoms with E-state index in [1.54, 1.807) is 30.0 Å². The van der Waals surface area contributed by atoms with Crippen molar-refractivity contribution >= 4 is 23.6 Å². The van der Waals surface area contributed by atoms with Gasteiger partial charge >= 0.3 is 0 Å². The Morgan fingerprint density at radius 1 is 1.06 bits per heavy atom. The number of rotatable bonds is 9. The Morgan fingerprint density at radius 2 is 1.72 bits per heavy atom. The predicted molar refractivity (Wildman–Crippen MR) is 129 cm³/mol. The molecule has 3 rings (SSSR count). The van der Waals surface area contributed by atoms with Crippen molar-refractivity contribution in [3.05, 3.63) is 71.0 Å². The molecule has 1 atom stereocenters. The van der Waals surface area contributed by atoms with E-state index in [9.17, 15) is 14.0 Å². The molecule has 0 heterocycles. The van der Waals surface area contributed by atoms with E-state index < -0.39 is 6.04 Å². The van der Waals surface area contributed by atoms with E-state index in [4.69, 9.17) is 0 Å². The largest absolute Gasteiger partial charge is 0.352 e. The molecular formula is C26H33FN2O2S. The van der Waals surface area contributed by atoms with Crippen LogP contribution >= 0.6 is 11.8 Å². The molecule has 6 heteroatoms. The van der Waals surface area contributed by atoms with Crippen molar-refractivity contribution in [2.75, 3.05) is 5.75 Å². The van der Waals surface area contributed by atoms with Crippen molar-refractivity contribution in [3.8, 4) is 0 Å². The number of halogens is 1. The number of aryl methyl sites for hydroxylation is 1. The van der Waals surface area contributed by atoms with Gasteiger partial charge in [0.1, 0.15) is 11.9 Å². The fraction of sp³-hybridized carbons (Fsp3) is 0.462. The van der Waals surface area contributed by atoms with Crippen molar-refractivity contribution < 1.29 is 14.0 Å². The SMILES string of the molecule is Cc1ccccc1CN(C(=O)CSCc1ccccc1F)[C@H](C)C(=O)NC1CCCCC1. The smallest absolute Gasteiger partial charge is 0.242 e. The van der Waals surface area contributed by atoms with Gasteiger partial charge in [0.15, 0.2) is 0 Å². The van der Waals surface area contributed by atoms with Crippen molar-refractivity contribution in [3.63, 3.8) is 0 Å². The van der Waals surface area contributed by atoms with Crippen LogP contribution in [-0.4, -0.2) is 34.6 Å². The summed E-state index contributed by atoms with van der Waals surface area (Å²) in [5.41, 5.74) is 2.69. The Hall–Kier alpha value is -2.34. The fourth-order valence-corrected chi connectivity index (χ4v) is 4.97. The molecule has 0 radical (unpaired) electrons. The van der Waals surface area contributed by atoms with Gasteiger partial charge in [0.2, 0.25) is 11.8 Å². The number of hydrogen-bond acceptors (Lipinski definition) is 3. The highest BCUT2D eigenvalue weighted by molar-refractivity contribution is 7.99. The quantitative estimate of drug-likeness (QED) is 0.562. The number of carbonyl (C=O) groups excluding carboxylic acids is 2. The first-order valence-corrected chi connectivity index (χ1v) is 12.6. The molecule has 0 saturated heterocycles. The minimum atomic E-state index is -0.571. The zero-order valence-corrected chi connectivity index (χ0v) is 19.8. The first-order chi connectivity index (χ1) is 15.5. The van der Waals surface area contributed by atoms with Gasteiger partial charge in [0.05, 0.1) is 5.75 Å². The number of thioether (sulfide) groups is 1. The van der Waals surface area contributed by atoms with Crippen LogP contribution in [0.15, 0.2) is 48.5 Å². The second-order valence-electron chi connectivity index (χ2n) is 8.55. The lowest BCUT2D eigenvalue weighted by Gasteiger charge is -2.31. The first kappa shape index (κ1) is 24.3. The number of carbonyl (C=O) groups is 2. The van der Waals surface area contributed by atoms with Gasteiger partial charge in [-0.25, -0.2) is 4.39 Å². The molecule has 0 spiro atoms. The van der Waals surface area contributed by atoms with E-state index >= 15 is 0 Å². The fourth-order valence-electron chi connectivity index (χ4n) is 4.07. The van der Waals surface area contributed by atoms with Crippen molar-refractivity contribution in [1.29, 1.82) is 0 Å². The molecule has 2 aromatic rings. The minimum Gasteiger partial charge on any atom is -0.352 e. The van der Waals surface area contributed by atoms with Crippen molar-refractivity contribution in [2.24, 2.45) is 0 Å². The van der Waals surface area contributed by atoms with E-state index in [0.29, 0.717) is 17.9 Å². The highest BCUT2D eigenvalue weighted by Crippen LogP contribution is 2.20. The summed E-state index contributed by atoms with van der Waals surface area (Å²) in [6, 6.07) is 14.2. The molecule has 0 unspecified atom stereocenters. The lowest BCUT2D eigenvalue weighted by atomic mass is 9.95. The van der Waals surface area contributed by atoms with Gasteiger partial charge in [-0.15, -0.1) is 11.8 Å². The number of benzene rings is 2. The van der Waals surface area contributed by atoms with Gasteiger partial charge in [-0.3, -0.25) is 9.59 Å². The van der Waals surface area contributed by atoms with Crippen molar-refractivity contribution in [1.82, 2.24) is 10.2 Å². The Bertz CT molecular complexity index is 914. The molecule has 0 aliphatic heterocycles. The Kier molecular flexibility index (Phi) is 9.15. The third-order valence-electron chi connectivity index (χ3n) is 6.16. The highest BCUT2D eigenvalue weighted by Gasteiger charge is 2.28. The molecule has 4 nitrogen and oxygen atoms in total. The lowest BCUT2D eigenvalue weighted by Crippen LogP contribution is -2.50. The maximum Gasteiger partial charge on any atom is 0.242 e. The number of amides is 2. The average Bonchev–Trinajstić information content (AvgIpc) is 2.80. The standard InChI is InChI=1S/C26H33FN2O2S/c1-19-10-6-7-11-21(19)16-29(20(2)26(31)28-23-13-4-3-5-14-23)25(30)18-32-17-22-12-8-9-15-24(22)27/h6-12,15,20,23H,3-5,13-14,16-18H2,1-2H3,(H,28,31)/t20-/m1/s1. The van der Waals surface area contributed by atoms with E-state index in [1.165, 1.54) is 24.2 Å². The van der Waals surface area contributed by atoms with Gasteiger partial charge < -0.3 is 10.2 Å². The zero-order valence-electron chi connectivity index (χ0n) is 19.0. The molecule has 1 N–H and O–H groups in total. The van der Waals surface area contributed by atoms with Crippen LogP contribution in [0.25, 0.3) is 0 Å². The first-order valence-electron chi connectivity index (χ1n) is 11.4. The number of nitrogens with one attached hydrogen (secondary N) is 1. The third-order valence-corrected chi connectivity index (χ3v) is 7.13. The number of nitrogens with zero attached hydrogens (tertiary/aromatic N) is 1. The molecule has 2 aromatic carbocycles. The van der Waals surface area contributed by atoms with Crippen LogP contribution in [0, 0.1) is 12.7 Å². The number of hydrogen-bond donors (Lipinski definition) is 1. The van der Waals surface area contributed by atoms with Gasteiger partial charge in [0, 0.05) is 18.3 Å². The molecule has 0 bridgehead atoms. The summed E-state index contributed by atoms with van der Waals surface area (Å²) in [5.74, 6) is 0.142. The molecule has 32 heavy (non-hydrogen) atoms. The maximum absolute atomic E-state index is 13.9. The molecule has 1 saturated carbocycles. The summed E-state index contributed by atoms with van der Waals surface area (Å²) in [5, 5.41) is 3.15. The second kappa shape index (κ2) is 12.0. The zero-order chi connectivity index (χ0) is 22.9. The monoisotopic (exact) mass is 456 g/mol. The second-order valence-corrected chi connectivity index (χ2v) is 9.54. The molecule has 1 aliphatic rings. The van der Waals surface area contributed by atoms with Gasteiger partial charge in [-0.1, -0.05) is 61.7 Å². The van der Waals surface area contributed by atoms with Gasteiger partial charge in [-0.2, -0.15) is 0 Å². The summed E-state index contributed by atoms with van der Waals surface area (Å²) >= 11 is 1.37. The van der Waals surface area contributed by atoms with E-state index in [-0.39, 0.29) is 29.4 Å². The maximum atomic E-state index is 13.9. The average molecular weight is 457 g/mol. The van der Waals surface area contributed by atoms with E-state index in [0.717, 1.165) is 36.8 Å². The normalized spacial score (nSPS) is 15.2. The van der Waals surface area contributed by atoms with Gasteiger partial charge in [-0.05, 0) is 49.4 Å². The summed E-state index contributed by atoms with van der Waals surface area (Å²) in [4.78, 5) is 27.9. The molecule has 0 aromatic heterocycles. The third kappa shape index (κ3) is 6.83. The Balaban J connectivity index is 1.67. The molecule has 1 fully saturated rings.